The van der Waals surface area contributed by atoms with E-state index in [4.69, 9.17) is 5.73 Å². The zero-order valence-electron chi connectivity index (χ0n) is 10.8. The fraction of sp³-hybridized carbons (Fsp3) is 0.133. The fourth-order valence-electron chi connectivity index (χ4n) is 1.77. The van der Waals surface area contributed by atoms with E-state index in [2.05, 4.69) is 5.32 Å². The average Bonchev–Trinajstić information content (AvgIpc) is 2.37. The van der Waals surface area contributed by atoms with Gasteiger partial charge in [0.15, 0.2) is 0 Å². The molecule has 0 aromatic heterocycles. The molecule has 2 rings (SSSR count). The summed E-state index contributed by atoms with van der Waals surface area (Å²) in [7, 11) is 0. The number of carbonyl (C=O) groups excluding carboxylic acids is 1. The van der Waals surface area contributed by atoms with Crippen molar-refractivity contribution in [3.63, 3.8) is 0 Å². The number of nitrogens with two attached hydrogens (primary N) is 1. The highest BCUT2D eigenvalue weighted by Crippen LogP contribution is 2.18. The third-order valence-electron chi connectivity index (χ3n) is 2.96. The fourth-order valence-corrected chi connectivity index (χ4v) is 1.77. The highest BCUT2D eigenvalue weighted by molar-refractivity contribution is 6.04. The molecule has 98 valence electrons. The van der Waals surface area contributed by atoms with E-state index < -0.39 is 11.7 Å². The first-order chi connectivity index (χ1) is 8.99. The van der Waals surface area contributed by atoms with E-state index in [1.54, 1.807) is 37.3 Å². The topological polar surface area (TPSA) is 55.1 Å². The van der Waals surface area contributed by atoms with Crippen molar-refractivity contribution < 1.29 is 9.18 Å². The average molecular weight is 258 g/mol. The van der Waals surface area contributed by atoms with Crippen molar-refractivity contribution >= 4 is 17.3 Å². The molecule has 0 saturated carbocycles. The number of nitrogens with one attached hydrogen (secondary N) is 1. The molecule has 0 spiro atoms. The van der Waals surface area contributed by atoms with Gasteiger partial charge < -0.3 is 11.1 Å². The first kappa shape index (κ1) is 13.1. The van der Waals surface area contributed by atoms with Crippen molar-refractivity contribution in [2.45, 2.75) is 13.8 Å². The van der Waals surface area contributed by atoms with Gasteiger partial charge in [0, 0.05) is 11.4 Å². The lowest BCUT2D eigenvalue weighted by Crippen LogP contribution is -2.14. The Morgan fingerprint density at radius 2 is 1.89 bits per heavy atom. The summed E-state index contributed by atoms with van der Waals surface area (Å²) in [4.78, 5) is 12.0. The Morgan fingerprint density at radius 3 is 2.58 bits per heavy atom. The molecule has 0 saturated heterocycles. The monoisotopic (exact) mass is 258 g/mol. The molecule has 3 N–H and O–H groups in total. The molecule has 2 aromatic rings. The summed E-state index contributed by atoms with van der Waals surface area (Å²) in [6, 6.07) is 9.88. The summed E-state index contributed by atoms with van der Waals surface area (Å²) in [6.45, 7) is 3.47. The second kappa shape index (κ2) is 5.10. The molecule has 0 radical (unpaired) electrons. The van der Waals surface area contributed by atoms with E-state index in [-0.39, 0.29) is 5.56 Å². The summed E-state index contributed by atoms with van der Waals surface area (Å²) < 4.78 is 13.8. The Labute approximate surface area is 111 Å². The second-order valence-corrected chi connectivity index (χ2v) is 4.46. The van der Waals surface area contributed by atoms with Crippen LogP contribution < -0.4 is 11.1 Å². The molecule has 0 aliphatic heterocycles. The van der Waals surface area contributed by atoms with Crippen molar-refractivity contribution in [3.8, 4) is 0 Å². The SMILES string of the molecule is Cc1cc(NC(=O)c2cccc(C)c2F)ccc1N. The van der Waals surface area contributed by atoms with E-state index >= 15 is 0 Å². The highest BCUT2D eigenvalue weighted by atomic mass is 19.1. The quantitative estimate of drug-likeness (QED) is 0.812. The number of amides is 1. The number of benzene rings is 2. The Kier molecular flexibility index (Phi) is 3.51. The van der Waals surface area contributed by atoms with E-state index in [0.717, 1.165) is 5.56 Å². The summed E-state index contributed by atoms with van der Waals surface area (Å²) in [5.74, 6) is -0.961. The first-order valence-electron chi connectivity index (χ1n) is 5.91. The van der Waals surface area contributed by atoms with Crippen LogP contribution >= 0.6 is 0 Å². The third-order valence-corrected chi connectivity index (χ3v) is 2.96. The smallest absolute Gasteiger partial charge is 0.258 e. The van der Waals surface area contributed by atoms with Gasteiger partial charge in [-0.3, -0.25) is 4.79 Å². The molecule has 1 amide bonds. The van der Waals surface area contributed by atoms with Gasteiger partial charge >= 0.3 is 0 Å². The minimum absolute atomic E-state index is 0.0366. The number of rotatable bonds is 2. The number of aryl methyl sites for hydroxylation is 2. The van der Waals surface area contributed by atoms with Crippen LogP contribution in [0.2, 0.25) is 0 Å². The minimum Gasteiger partial charge on any atom is -0.399 e. The molecular formula is C15H15FN2O. The Bertz CT molecular complexity index is 638. The van der Waals surface area contributed by atoms with Crippen LogP contribution in [0.15, 0.2) is 36.4 Å². The van der Waals surface area contributed by atoms with Gasteiger partial charge in [-0.25, -0.2) is 4.39 Å². The number of hydrogen-bond donors (Lipinski definition) is 2. The lowest BCUT2D eigenvalue weighted by molar-refractivity contribution is 0.102. The first-order valence-corrected chi connectivity index (χ1v) is 5.91. The van der Waals surface area contributed by atoms with Gasteiger partial charge in [-0.1, -0.05) is 12.1 Å². The molecule has 19 heavy (non-hydrogen) atoms. The minimum atomic E-state index is -0.493. The van der Waals surface area contributed by atoms with Crippen LogP contribution in [-0.2, 0) is 0 Å². The molecule has 2 aromatic carbocycles. The molecule has 0 bridgehead atoms. The molecule has 0 aliphatic carbocycles. The molecule has 3 nitrogen and oxygen atoms in total. The van der Waals surface area contributed by atoms with Crippen molar-refractivity contribution in [2.75, 3.05) is 11.1 Å². The summed E-state index contributed by atoms with van der Waals surface area (Å²) >= 11 is 0. The maximum Gasteiger partial charge on any atom is 0.258 e. The molecule has 0 fully saturated rings. The number of halogens is 1. The zero-order chi connectivity index (χ0) is 14.0. The molecule has 4 heteroatoms. The zero-order valence-corrected chi connectivity index (χ0v) is 10.8. The van der Waals surface area contributed by atoms with Crippen LogP contribution in [0.1, 0.15) is 21.5 Å². The molecule has 0 heterocycles. The van der Waals surface area contributed by atoms with Gasteiger partial charge in [0.1, 0.15) is 5.82 Å². The van der Waals surface area contributed by atoms with Crippen molar-refractivity contribution in [1.82, 2.24) is 0 Å². The lowest BCUT2D eigenvalue weighted by Gasteiger charge is -2.09. The Balaban J connectivity index is 2.26. The van der Waals surface area contributed by atoms with Gasteiger partial charge in [-0.2, -0.15) is 0 Å². The van der Waals surface area contributed by atoms with Crippen LogP contribution in [-0.4, -0.2) is 5.91 Å². The van der Waals surface area contributed by atoms with Crippen LogP contribution in [0.5, 0.6) is 0 Å². The van der Waals surface area contributed by atoms with Gasteiger partial charge in [-0.15, -0.1) is 0 Å². The van der Waals surface area contributed by atoms with E-state index in [9.17, 15) is 9.18 Å². The van der Waals surface area contributed by atoms with Crippen LogP contribution in [0.3, 0.4) is 0 Å². The van der Waals surface area contributed by atoms with Crippen LogP contribution in [0, 0.1) is 19.7 Å². The molecule has 0 aliphatic rings. The number of anilines is 2. The van der Waals surface area contributed by atoms with Gasteiger partial charge in [0.25, 0.3) is 5.91 Å². The van der Waals surface area contributed by atoms with E-state index in [1.807, 2.05) is 6.92 Å². The summed E-state index contributed by atoms with van der Waals surface area (Å²) in [6.07, 6.45) is 0. The number of carbonyl (C=O) groups is 1. The molecular weight excluding hydrogens is 243 g/mol. The summed E-state index contributed by atoms with van der Waals surface area (Å²) in [5.41, 5.74) is 8.29. The predicted octanol–water partition coefficient (Wildman–Crippen LogP) is 3.28. The van der Waals surface area contributed by atoms with Crippen molar-refractivity contribution in [3.05, 3.63) is 58.9 Å². The largest absolute Gasteiger partial charge is 0.399 e. The molecule has 0 unspecified atom stereocenters. The summed E-state index contributed by atoms with van der Waals surface area (Å²) in [5, 5.41) is 2.66. The van der Waals surface area contributed by atoms with Gasteiger partial charge in [-0.05, 0) is 49.2 Å². The lowest BCUT2D eigenvalue weighted by atomic mass is 10.1. The predicted molar refractivity (Wildman–Crippen MR) is 74.7 cm³/mol. The Hall–Kier alpha value is -2.36. The van der Waals surface area contributed by atoms with Crippen LogP contribution in [0.25, 0.3) is 0 Å². The Morgan fingerprint density at radius 1 is 1.16 bits per heavy atom. The van der Waals surface area contributed by atoms with E-state index in [1.165, 1.54) is 6.07 Å². The number of nitrogen functional groups attached to an aromatic ring is 1. The third kappa shape index (κ3) is 2.73. The maximum absolute atomic E-state index is 13.8. The van der Waals surface area contributed by atoms with E-state index in [0.29, 0.717) is 16.9 Å². The van der Waals surface area contributed by atoms with Crippen molar-refractivity contribution in [1.29, 1.82) is 0 Å². The normalized spacial score (nSPS) is 10.3. The van der Waals surface area contributed by atoms with Crippen LogP contribution in [0.4, 0.5) is 15.8 Å². The van der Waals surface area contributed by atoms with Gasteiger partial charge in [0.05, 0.1) is 5.56 Å². The van der Waals surface area contributed by atoms with Crippen molar-refractivity contribution in [2.24, 2.45) is 0 Å². The second-order valence-electron chi connectivity index (χ2n) is 4.46. The van der Waals surface area contributed by atoms with Gasteiger partial charge in [0.2, 0.25) is 0 Å². The number of hydrogen-bond acceptors (Lipinski definition) is 2. The highest BCUT2D eigenvalue weighted by Gasteiger charge is 2.13. The molecule has 0 atom stereocenters. The maximum atomic E-state index is 13.8. The standard InChI is InChI=1S/C15H15FN2O/c1-9-4-3-5-12(14(9)16)15(19)18-11-6-7-13(17)10(2)8-11/h3-8H,17H2,1-2H3,(H,18,19).